The predicted octanol–water partition coefficient (Wildman–Crippen LogP) is 8.10. The van der Waals surface area contributed by atoms with Gasteiger partial charge in [0, 0.05) is 11.1 Å². The first-order valence-corrected chi connectivity index (χ1v) is 12.6. The Morgan fingerprint density at radius 1 is 0.750 bits per heavy atom. The van der Waals surface area contributed by atoms with Crippen molar-refractivity contribution in [1.82, 2.24) is 0 Å². The molecule has 0 aliphatic rings. The van der Waals surface area contributed by atoms with Crippen molar-refractivity contribution < 1.29 is 38.1 Å². The molecule has 0 fully saturated rings. The van der Waals surface area contributed by atoms with Crippen LogP contribution in [0.5, 0.6) is 11.5 Å². The molecule has 0 radical (unpaired) electrons. The lowest BCUT2D eigenvalue weighted by Crippen LogP contribution is -2.08. The first kappa shape index (κ1) is 35.8. The number of esters is 2. The summed E-state index contributed by atoms with van der Waals surface area (Å²) in [5, 5.41) is 19.9. The summed E-state index contributed by atoms with van der Waals surface area (Å²) in [6, 6.07) is 4.26. The van der Waals surface area contributed by atoms with Gasteiger partial charge in [0.1, 0.15) is 47.5 Å². The van der Waals surface area contributed by atoms with Crippen LogP contribution >= 0.6 is 0 Å². The largest absolute Gasteiger partial charge is 0.507 e. The summed E-state index contributed by atoms with van der Waals surface area (Å²) in [5.74, 6) is -3.30. The van der Waals surface area contributed by atoms with Crippen LogP contribution in [0, 0.1) is 11.6 Å². The molecule has 0 amide bonds. The van der Waals surface area contributed by atoms with Crippen molar-refractivity contribution in [3.63, 3.8) is 0 Å². The summed E-state index contributed by atoms with van der Waals surface area (Å²) in [6.45, 7) is 23.7. The Bertz CT molecular complexity index is 1270. The smallest absolute Gasteiger partial charge is 0.342 e. The minimum Gasteiger partial charge on any atom is -0.507 e. The molecule has 0 bridgehead atoms. The monoisotopic (exact) mass is 558 g/mol. The fraction of sp³-hybridized carbons (Fsp3) is 0.312. The number of carbonyl (C=O) groups excluding carboxylic acids is 2. The third-order valence-electron chi connectivity index (χ3n) is 4.53. The number of aromatic hydroxyl groups is 2. The highest BCUT2D eigenvalue weighted by molar-refractivity contribution is 5.94. The number of phenolic OH excluding ortho intramolecular Hbond substituents is 2. The van der Waals surface area contributed by atoms with E-state index in [1.807, 2.05) is 27.7 Å². The van der Waals surface area contributed by atoms with Crippen LogP contribution in [0.2, 0.25) is 0 Å². The highest BCUT2D eigenvalue weighted by atomic mass is 19.1. The minimum atomic E-state index is -0.775. The average Bonchev–Trinajstić information content (AvgIpc) is 2.86. The Morgan fingerprint density at radius 2 is 1.18 bits per heavy atom. The maximum atomic E-state index is 13.5. The molecule has 0 saturated heterocycles. The van der Waals surface area contributed by atoms with E-state index in [2.05, 4.69) is 19.7 Å². The number of allylic oxidation sites excluding steroid dienone is 2. The van der Waals surface area contributed by atoms with Crippen LogP contribution in [-0.4, -0.2) is 35.4 Å². The standard InChI is InChI=1S/2C15H17FO3.C2H6/c2*1-9(2)5-11-6-12(16)7-13(14(11)17)15(18)19-8-10(3)4;1-2/h5-7,17H,3,8H2,1-2,4H3;6-7,17H,1,3,5,8H2,2,4H3;1-2H3. The summed E-state index contributed by atoms with van der Waals surface area (Å²) in [5.41, 5.74) is 3.15. The van der Waals surface area contributed by atoms with Crippen LogP contribution in [0.1, 0.15) is 80.3 Å². The van der Waals surface area contributed by atoms with E-state index in [4.69, 9.17) is 9.47 Å². The quantitative estimate of drug-likeness (QED) is 0.239. The molecule has 8 heteroatoms. The lowest BCUT2D eigenvalue weighted by molar-refractivity contribution is 0.0527. The Labute approximate surface area is 236 Å². The summed E-state index contributed by atoms with van der Waals surface area (Å²) < 4.78 is 36.7. The number of halogens is 2. The van der Waals surface area contributed by atoms with Crippen molar-refractivity contribution in [3.05, 3.63) is 100 Å². The number of ether oxygens (including phenoxy) is 2. The van der Waals surface area contributed by atoms with Crippen LogP contribution in [0.15, 0.2) is 66.3 Å². The van der Waals surface area contributed by atoms with Crippen molar-refractivity contribution in [3.8, 4) is 11.5 Å². The molecule has 0 aromatic heterocycles. The number of benzene rings is 2. The van der Waals surface area contributed by atoms with E-state index in [0.717, 1.165) is 29.3 Å². The van der Waals surface area contributed by atoms with E-state index in [1.54, 1.807) is 26.8 Å². The van der Waals surface area contributed by atoms with Crippen LogP contribution in [0.3, 0.4) is 0 Å². The van der Waals surface area contributed by atoms with Crippen LogP contribution in [-0.2, 0) is 15.9 Å². The molecule has 0 saturated carbocycles. The lowest BCUT2D eigenvalue weighted by Gasteiger charge is -2.10. The second-order valence-electron chi connectivity index (χ2n) is 9.27. The van der Waals surface area contributed by atoms with E-state index in [-0.39, 0.29) is 41.4 Å². The third kappa shape index (κ3) is 12.6. The van der Waals surface area contributed by atoms with E-state index < -0.39 is 23.6 Å². The SMILES string of the molecule is C=C(C)COC(=O)c1cc(F)cc(C=C(C)C)c1O.C=C(C)COC(=O)c1cc(F)cc(CC(=C)C)c1O.CC. The zero-order valence-electron chi connectivity index (χ0n) is 24.4. The molecular weight excluding hydrogens is 518 g/mol. The summed E-state index contributed by atoms with van der Waals surface area (Å²) in [7, 11) is 0. The van der Waals surface area contributed by atoms with Crippen molar-refractivity contribution in [2.24, 2.45) is 0 Å². The number of phenols is 2. The molecule has 2 aromatic rings. The van der Waals surface area contributed by atoms with Gasteiger partial charge in [-0.2, -0.15) is 0 Å². The molecule has 40 heavy (non-hydrogen) atoms. The van der Waals surface area contributed by atoms with E-state index in [1.165, 1.54) is 6.07 Å². The Hall–Kier alpha value is -4.20. The number of carbonyl (C=O) groups is 2. The maximum absolute atomic E-state index is 13.5. The Morgan fingerprint density at radius 3 is 1.57 bits per heavy atom. The van der Waals surface area contributed by atoms with E-state index >= 15 is 0 Å². The van der Waals surface area contributed by atoms with Crippen molar-refractivity contribution in [2.45, 2.75) is 54.9 Å². The van der Waals surface area contributed by atoms with Gasteiger partial charge in [0.15, 0.2) is 0 Å². The van der Waals surface area contributed by atoms with Crippen molar-refractivity contribution in [2.75, 3.05) is 13.2 Å². The Balaban J connectivity index is 0.000000716. The van der Waals surface area contributed by atoms with Gasteiger partial charge >= 0.3 is 11.9 Å². The molecule has 0 spiro atoms. The topological polar surface area (TPSA) is 93.1 Å². The zero-order chi connectivity index (χ0) is 31.2. The molecule has 218 valence electrons. The fourth-order valence-electron chi connectivity index (χ4n) is 3.00. The predicted molar refractivity (Wildman–Crippen MR) is 156 cm³/mol. The summed E-state index contributed by atoms with van der Waals surface area (Å²) in [4.78, 5) is 23.5. The molecule has 6 nitrogen and oxygen atoms in total. The van der Waals surface area contributed by atoms with Gasteiger partial charge in [-0.3, -0.25) is 0 Å². The van der Waals surface area contributed by atoms with Crippen molar-refractivity contribution in [1.29, 1.82) is 0 Å². The normalized spacial score (nSPS) is 9.62. The van der Waals surface area contributed by atoms with Gasteiger partial charge in [-0.25, -0.2) is 18.4 Å². The van der Waals surface area contributed by atoms with Crippen LogP contribution < -0.4 is 0 Å². The second-order valence-corrected chi connectivity index (χ2v) is 9.27. The maximum Gasteiger partial charge on any atom is 0.342 e. The minimum absolute atomic E-state index is 0.0323. The first-order valence-electron chi connectivity index (χ1n) is 12.6. The highest BCUT2D eigenvalue weighted by Crippen LogP contribution is 2.28. The van der Waals surface area contributed by atoms with Gasteiger partial charge in [-0.1, -0.05) is 50.8 Å². The average molecular weight is 559 g/mol. The van der Waals surface area contributed by atoms with Gasteiger partial charge in [0.05, 0.1) is 0 Å². The molecule has 2 rings (SSSR count). The second kappa shape index (κ2) is 17.4. The lowest BCUT2D eigenvalue weighted by atomic mass is 10.0. The molecule has 2 aromatic carbocycles. The van der Waals surface area contributed by atoms with Gasteiger partial charge in [-0.15, -0.1) is 0 Å². The molecule has 2 N–H and O–H groups in total. The van der Waals surface area contributed by atoms with Gasteiger partial charge in [0.2, 0.25) is 0 Å². The highest BCUT2D eigenvalue weighted by Gasteiger charge is 2.19. The van der Waals surface area contributed by atoms with Gasteiger partial charge in [0.25, 0.3) is 0 Å². The third-order valence-corrected chi connectivity index (χ3v) is 4.53. The fourth-order valence-corrected chi connectivity index (χ4v) is 3.00. The molecule has 0 unspecified atom stereocenters. The number of hydrogen-bond donors (Lipinski definition) is 2. The summed E-state index contributed by atoms with van der Waals surface area (Å²) >= 11 is 0. The summed E-state index contributed by atoms with van der Waals surface area (Å²) in [6.07, 6.45) is 1.89. The Kier molecular flexibility index (Phi) is 15.6. The van der Waals surface area contributed by atoms with Crippen LogP contribution in [0.25, 0.3) is 6.08 Å². The van der Waals surface area contributed by atoms with Crippen molar-refractivity contribution >= 4 is 18.0 Å². The molecule has 0 aliphatic heterocycles. The first-order chi connectivity index (χ1) is 18.6. The number of rotatable bonds is 9. The molecule has 0 heterocycles. The molecule has 0 atom stereocenters. The van der Waals surface area contributed by atoms with Gasteiger partial charge < -0.3 is 19.7 Å². The van der Waals surface area contributed by atoms with E-state index in [9.17, 15) is 28.6 Å². The zero-order valence-corrected chi connectivity index (χ0v) is 24.4. The molecular formula is C32H40F2O6. The molecule has 0 aliphatic carbocycles. The van der Waals surface area contributed by atoms with E-state index in [0.29, 0.717) is 23.1 Å². The van der Waals surface area contributed by atoms with Gasteiger partial charge in [-0.05, 0) is 76.5 Å². The number of hydrogen-bond acceptors (Lipinski definition) is 6. The van der Waals surface area contributed by atoms with Crippen LogP contribution in [0.4, 0.5) is 8.78 Å².